The second-order valence-corrected chi connectivity index (χ2v) is 2.18. The molecule has 0 aliphatic carbocycles. The Bertz CT molecular complexity index is 246. The molecule has 0 spiro atoms. The summed E-state index contributed by atoms with van der Waals surface area (Å²) in [5, 5.41) is 12.7. The number of tetrazole rings is 1. The molecule has 1 rings (SSSR count). The highest BCUT2D eigenvalue weighted by Crippen LogP contribution is 1.92. The van der Waals surface area contributed by atoms with Crippen molar-refractivity contribution in [2.24, 2.45) is 5.73 Å². The van der Waals surface area contributed by atoms with Crippen LogP contribution in [0.25, 0.3) is 0 Å². The van der Waals surface area contributed by atoms with Gasteiger partial charge in [0.25, 0.3) is 0 Å². The van der Waals surface area contributed by atoms with E-state index in [-0.39, 0.29) is 6.42 Å². The van der Waals surface area contributed by atoms with Crippen LogP contribution in [0.2, 0.25) is 0 Å². The van der Waals surface area contributed by atoms with E-state index in [4.69, 9.17) is 5.73 Å². The summed E-state index contributed by atoms with van der Waals surface area (Å²) in [6.45, 7) is 0. The molecule has 12 heavy (non-hydrogen) atoms. The molecular formula is C5H9N5O2. The summed E-state index contributed by atoms with van der Waals surface area (Å²) in [6.07, 6.45) is 0.250. The summed E-state index contributed by atoms with van der Waals surface area (Å²) < 4.78 is 4.41. The Morgan fingerprint density at radius 1 is 1.83 bits per heavy atom. The highest BCUT2D eigenvalue weighted by molar-refractivity contribution is 5.75. The Morgan fingerprint density at radius 2 is 2.58 bits per heavy atom. The smallest absolute Gasteiger partial charge is 0.323 e. The van der Waals surface area contributed by atoms with Gasteiger partial charge in [-0.25, -0.2) is 5.10 Å². The number of aromatic nitrogens is 4. The molecule has 7 nitrogen and oxygen atoms in total. The third-order valence-corrected chi connectivity index (χ3v) is 1.31. The van der Waals surface area contributed by atoms with Crippen molar-refractivity contribution in [3.63, 3.8) is 0 Å². The zero-order valence-electron chi connectivity index (χ0n) is 6.52. The van der Waals surface area contributed by atoms with Gasteiger partial charge in [-0.3, -0.25) is 4.79 Å². The second kappa shape index (κ2) is 3.77. The molecular weight excluding hydrogens is 162 g/mol. The quantitative estimate of drug-likeness (QED) is 0.522. The van der Waals surface area contributed by atoms with E-state index in [9.17, 15) is 4.79 Å². The van der Waals surface area contributed by atoms with Gasteiger partial charge in [0.2, 0.25) is 0 Å². The maximum absolute atomic E-state index is 10.8. The van der Waals surface area contributed by atoms with Crippen LogP contribution in [0.1, 0.15) is 5.82 Å². The van der Waals surface area contributed by atoms with Gasteiger partial charge in [0, 0.05) is 6.42 Å². The Morgan fingerprint density at radius 3 is 3.08 bits per heavy atom. The lowest BCUT2D eigenvalue weighted by Gasteiger charge is -2.05. The summed E-state index contributed by atoms with van der Waals surface area (Å²) >= 11 is 0. The molecule has 0 saturated carbocycles. The average Bonchev–Trinajstić information content (AvgIpc) is 2.55. The zero-order valence-corrected chi connectivity index (χ0v) is 6.52. The van der Waals surface area contributed by atoms with E-state index in [0.29, 0.717) is 5.82 Å². The predicted octanol–water partition coefficient (Wildman–Crippen LogP) is -1.76. The van der Waals surface area contributed by atoms with E-state index in [1.807, 2.05) is 0 Å². The molecule has 0 radical (unpaired) electrons. The third kappa shape index (κ3) is 1.99. The van der Waals surface area contributed by atoms with Crippen LogP contribution >= 0.6 is 0 Å². The molecule has 66 valence electrons. The van der Waals surface area contributed by atoms with E-state index >= 15 is 0 Å². The summed E-state index contributed by atoms with van der Waals surface area (Å²) in [7, 11) is 1.28. The van der Waals surface area contributed by atoms with Gasteiger partial charge in [-0.1, -0.05) is 0 Å². The van der Waals surface area contributed by atoms with E-state index < -0.39 is 12.0 Å². The van der Waals surface area contributed by atoms with E-state index in [1.165, 1.54) is 7.11 Å². The number of ether oxygens (including phenoxy) is 1. The second-order valence-electron chi connectivity index (χ2n) is 2.18. The molecule has 0 aromatic carbocycles. The average molecular weight is 171 g/mol. The molecule has 0 saturated heterocycles. The van der Waals surface area contributed by atoms with E-state index in [1.54, 1.807) is 0 Å². The monoisotopic (exact) mass is 171 g/mol. The van der Waals surface area contributed by atoms with Crippen molar-refractivity contribution >= 4 is 5.97 Å². The SMILES string of the molecule is COC(=O)[C@@H](N)Cc1nnn[nH]1. The number of carbonyl (C=O) groups is 1. The van der Waals surface area contributed by atoms with Crippen LogP contribution in [0.5, 0.6) is 0 Å². The molecule has 0 aliphatic rings. The molecule has 0 bridgehead atoms. The van der Waals surface area contributed by atoms with Crippen LogP contribution in [0.15, 0.2) is 0 Å². The fourth-order valence-corrected chi connectivity index (χ4v) is 0.708. The fourth-order valence-electron chi connectivity index (χ4n) is 0.708. The van der Waals surface area contributed by atoms with Crippen molar-refractivity contribution in [3.8, 4) is 0 Å². The first-order valence-corrected chi connectivity index (χ1v) is 3.30. The molecule has 1 heterocycles. The molecule has 0 unspecified atom stereocenters. The van der Waals surface area contributed by atoms with Gasteiger partial charge in [0.15, 0.2) is 5.82 Å². The van der Waals surface area contributed by atoms with E-state index in [2.05, 4.69) is 25.4 Å². The van der Waals surface area contributed by atoms with Crippen molar-refractivity contribution in [2.75, 3.05) is 7.11 Å². The van der Waals surface area contributed by atoms with Gasteiger partial charge in [-0.2, -0.15) is 0 Å². The zero-order chi connectivity index (χ0) is 8.97. The van der Waals surface area contributed by atoms with Crippen LogP contribution in [-0.2, 0) is 16.0 Å². The first kappa shape index (κ1) is 8.60. The summed E-state index contributed by atoms with van der Waals surface area (Å²) in [4.78, 5) is 10.8. The maximum atomic E-state index is 10.8. The van der Waals surface area contributed by atoms with Crippen LogP contribution in [0.4, 0.5) is 0 Å². The summed E-state index contributed by atoms with van der Waals surface area (Å²) in [6, 6.07) is -0.718. The molecule has 3 N–H and O–H groups in total. The molecule has 1 aromatic rings. The third-order valence-electron chi connectivity index (χ3n) is 1.31. The van der Waals surface area contributed by atoms with Crippen LogP contribution in [-0.4, -0.2) is 39.7 Å². The maximum Gasteiger partial charge on any atom is 0.323 e. The number of hydrogen-bond donors (Lipinski definition) is 2. The summed E-state index contributed by atoms with van der Waals surface area (Å²) in [5.41, 5.74) is 5.43. The van der Waals surface area contributed by atoms with Crippen LogP contribution in [0.3, 0.4) is 0 Å². The summed E-state index contributed by atoms with van der Waals surface area (Å²) in [5.74, 6) is -0.0145. The van der Waals surface area contributed by atoms with Crippen molar-refractivity contribution in [3.05, 3.63) is 5.82 Å². The van der Waals surface area contributed by atoms with Crippen LogP contribution in [0, 0.1) is 0 Å². The first-order valence-electron chi connectivity index (χ1n) is 3.30. The van der Waals surface area contributed by atoms with Gasteiger partial charge in [-0.05, 0) is 10.4 Å². The van der Waals surface area contributed by atoms with Crippen molar-refractivity contribution < 1.29 is 9.53 Å². The number of esters is 1. The highest BCUT2D eigenvalue weighted by atomic mass is 16.5. The largest absolute Gasteiger partial charge is 0.468 e. The number of hydrogen-bond acceptors (Lipinski definition) is 6. The van der Waals surface area contributed by atoms with Gasteiger partial charge < -0.3 is 10.5 Å². The van der Waals surface area contributed by atoms with Crippen molar-refractivity contribution in [1.29, 1.82) is 0 Å². The first-order chi connectivity index (χ1) is 5.74. The van der Waals surface area contributed by atoms with Crippen LogP contribution < -0.4 is 5.73 Å². The number of nitrogens with two attached hydrogens (primary N) is 1. The number of methoxy groups -OCH3 is 1. The molecule has 1 aromatic heterocycles. The minimum Gasteiger partial charge on any atom is -0.468 e. The molecule has 7 heteroatoms. The lowest BCUT2D eigenvalue weighted by molar-refractivity contribution is -0.142. The van der Waals surface area contributed by atoms with Gasteiger partial charge in [0.1, 0.15) is 6.04 Å². The number of rotatable bonds is 3. The number of carbonyl (C=O) groups excluding carboxylic acids is 1. The van der Waals surface area contributed by atoms with Gasteiger partial charge in [-0.15, -0.1) is 5.10 Å². The molecule has 0 amide bonds. The number of nitrogens with zero attached hydrogens (tertiary/aromatic N) is 3. The topological polar surface area (TPSA) is 107 Å². The number of aromatic amines is 1. The Balaban J connectivity index is 2.47. The van der Waals surface area contributed by atoms with E-state index in [0.717, 1.165) is 0 Å². The van der Waals surface area contributed by atoms with Crippen molar-refractivity contribution in [1.82, 2.24) is 20.6 Å². The predicted molar refractivity (Wildman–Crippen MR) is 37.9 cm³/mol. The Labute approximate surface area is 68.3 Å². The number of nitrogens with one attached hydrogen (secondary N) is 1. The van der Waals surface area contributed by atoms with Gasteiger partial charge in [0.05, 0.1) is 7.11 Å². The van der Waals surface area contributed by atoms with Crippen molar-refractivity contribution in [2.45, 2.75) is 12.5 Å². The molecule has 0 aliphatic heterocycles. The number of H-pyrrole nitrogens is 1. The molecule has 1 atom stereocenters. The minimum atomic E-state index is -0.718. The van der Waals surface area contributed by atoms with Gasteiger partial charge >= 0.3 is 5.97 Å². The minimum absolute atomic E-state index is 0.250. The fraction of sp³-hybridized carbons (Fsp3) is 0.600. The normalized spacial score (nSPS) is 12.5. The Kier molecular flexibility index (Phi) is 2.70. The standard InChI is InChI=1S/C5H9N5O2/c1-12-5(11)3(6)2-4-7-9-10-8-4/h3H,2,6H2,1H3,(H,7,8,9,10)/t3-/m0/s1. The highest BCUT2D eigenvalue weighted by Gasteiger charge is 2.15. The Hall–Kier alpha value is -1.50. The molecule has 0 fully saturated rings. The lowest BCUT2D eigenvalue weighted by atomic mass is 10.2. The lowest BCUT2D eigenvalue weighted by Crippen LogP contribution is -2.34.